The fourth-order valence-corrected chi connectivity index (χ4v) is 4.52. The van der Waals surface area contributed by atoms with E-state index in [4.69, 9.17) is 14.2 Å². The molecule has 0 saturated carbocycles. The van der Waals surface area contributed by atoms with Gasteiger partial charge in [-0.1, -0.05) is 60.7 Å². The first-order chi connectivity index (χ1) is 15.5. The van der Waals surface area contributed by atoms with E-state index in [1.165, 1.54) is 7.11 Å². The monoisotopic (exact) mass is 439 g/mol. The molecule has 7 heteroatoms. The van der Waals surface area contributed by atoms with E-state index in [2.05, 4.69) is 5.32 Å². The summed E-state index contributed by atoms with van der Waals surface area (Å²) in [6, 6.07) is 17.9. The number of hydrogen-bond donors (Lipinski definition) is 1. The summed E-state index contributed by atoms with van der Waals surface area (Å²) in [6.45, 7) is 3.65. The van der Waals surface area contributed by atoms with Crippen LogP contribution in [0.4, 0.5) is 0 Å². The summed E-state index contributed by atoms with van der Waals surface area (Å²) in [5.74, 6) is -3.95. The van der Waals surface area contributed by atoms with Crippen LogP contribution in [0.2, 0.25) is 0 Å². The summed E-state index contributed by atoms with van der Waals surface area (Å²) >= 11 is 0. The third kappa shape index (κ3) is 4.53. The average Bonchev–Trinajstić information content (AvgIpc) is 3.16. The Labute approximate surface area is 188 Å². The molecule has 0 unspecified atom stereocenters. The fraction of sp³-hybridized carbons (Fsp3) is 0.400. The van der Waals surface area contributed by atoms with Crippen molar-refractivity contribution in [3.63, 3.8) is 0 Å². The SMILES string of the molecule is CCOC(=O)[C@H]1[C@@H](C(=O)OCC)[C@@](Cc2ccccc2)(C(=O)OC)N[C@H]1c1ccccc1. The van der Waals surface area contributed by atoms with E-state index in [1.807, 2.05) is 60.7 Å². The van der Waals surface area contributed by atoms with Gasteiger partial charge in [0.15, 0.2) is 0 Å². The number of rotatable bonds is 8. The van der Waals surface area contributed by atoms with Crippen LogP contribution < -0.4 is 5.32 Å². The van der Waals surface area contributed by atoms with Gasteiger partial charge < -0.3 is 14.2 Å². The second-order valence-corrected chi connectivity index (χ2v) is 7.67. The van der Waals surface area contributed by atoms with Gasteiger partial charge in [-0.15, -0.1) is 0 Å². The highest BCUT2D eigenvalue weighted by Crippen LogP contribution is 2.46. The summed E-state index contributed by atoms with van der Waals surface area (Å²) in [5.41, 5.74) is 0.0648. The smallest absolute Gasteiger partial charge is 0.327 e. The zero-order chi connectivity index (χ0) is 23.1. The highest BCUT2D eigenvalue weighted by molar-refractivity contribution is 5.94. The normalized spacial score (nSPS) is 24.5. The number of methoxy groups -OCH3 is 1. The van der Waals surface area contributed by atoms with Gasteiger partial charge >= 0.3 is 17.9 Å². The van der Waals surface area contributed by atoms with Gasteiger partial charge in [-0.2, -0.15) is 0 Å². The third-order valence-electron chi connectivity index (χ3n) is 5.80. The Morgan fingerprint density at radius 2 is 1.44 bits per heavy atom. The van der Waals surface area contributed by atoms with E-state index in [0.29, 0.717) is 0 Å². The summed E-state index contributed by atoms with van der Waals surface area (Å²) in [4.78, 5) is 39.8. The van der Waals surface area contributed by atoms with Gasteiger partial charge in [0.2, 0.25) is 0 Å². The molecule has 0 bridgehead atoms. The number of ether oxygens (including phenoxy) is 3. The van der Waals surface area contributed by atoms with Crippen molar-refractivity contribution in [2.24, 2.45) is 11.8 Å². The topological polar surface area (TPSA) is 90.9 Å². The molecule has 2 aromatic rings. The Morgan fingerprint density at radius 1 is 0.875 bits per heavy atom. The molecule has 0 aliphatic carbocycles. The molecule has 1 N–H and O–H groups in total. The molecule has 170 valence electrons. The average molecular weight is 440 g/mol. The molecule has 4 atom stereocenters. The quantitative estimate of drug-likeness (QED) is 0.500. The Balaban J connectivity index is 2.20. The minimum Gasteiger partial charge on any atom is -0.468 e. The van der Waals surface area contributed by atoms with Crippen LogP contribution in [0.3, 0.4) is 0 Å². The minimum atomic E-state index is -1.51. The van der Waals surface area contributed by atoms with Gasteiger partial charge in [0.05, 0.1) is 26.2 Å². The lowest BCUT2D eigenvalue weighted by molar-refractivity contribution is -0.166. The number of benzene rings is 2. The molecule has 0 radical (unpaired) electrons. The largest absolute Gasteiger partial charge is 0.468 e. The Kier molecular flexibility index (Phi) is 7.64. The molecule has 2 aromatic carbocycles. The molecule has 1 saturated heterocycles. The van der Waals surface area contributed by atoms with Crippen molar-refractivity contribution in [2.75, 3.05) is 20.3 Å². The van der Waals surface area contributed by atoms with Crippen LogP contribution in [0.5, 0.6) is 0 Å². The molecule has 7 nitrogen and oxygen atoms in total. The highest BCUT2D eigenvalue weighted by atomic mass is 16.5. The highest BCUT2D eigenvalue weighted by Gasteiger charge is 2.64. The second-order valence-electron chi connectivity index (χ2n) is 7.67. The molecule has 3 rings (SSSR count). The number of esters is 3. The van der Waals surface area contributed by atoms with Crippen molar-refractivity contribution >= 4 is 17.9 Å². The van der Waals surface area contributed by atoms with E-state index in [1.54, 1.807) is 13.8 Å². The molecule has 32 heavy (non-hydrogen) atoms. The maximum Gasteiger partial charge on any atom is 0.327 e. The molecular weight excluding hydrogens is 410 g/mol. The van der Waals surface area contributed by atoms with Crippen LogP contribution in [-0.4, -0.2) is 43.8 Å². The van der Waals surface area contributed by atoms with E-state index < -0.39 is 41.3 Å². The van der Waals surface area contributed by atoms with Gasteiger partial charge in [0.25, 0.3) is 0 Å². The summed E-state index contributed by atoms with van der Waals surface area (Å²) in [7, 11) is 1.27. The van der Waals surface area contributed by atoms with Gasteiger partial charge in [-0.3, -0.25) is 19.7 Å². The summed E-state index contributed by atoms with van der Waals surface area (Å²) < 4.78 is 15.9. The lowest BCUT2D eigenvalue weighted by atomic mass is 9.74. The minimum absolute atomic E-state index is 0.115. The van der Waals surface area contributed by atoms with Crippen LogP contribution >= 0.6 is 0 Å². The zero-order valence-corrected chi connectivity index (χ0v) is 18.6. The number of hydrogen-bond acceptors (Lipinski definition) is 7. The van der Waals surface area contributed by atoms with Gasteiger partial charge in [-0.25, -0.2) is 0 Å². The zero-order valence-electron chi connectivity index (χ0n) is 18.6. The molecule has 0 aromatic heterocycles. The van der Waals surface area contributed by atoms with E-state index in [9.17, 15) is 14.4 Å². The molecule has 0 spiro atoms. The molecule has 1 heterocycles. The van der Waals surface area contributed by atoms with Crippen LogP contribution in [0.1, 0.15) is 31.0 Å². The first-order valence-electron chi connectivity index (χ1n) is 10.8. The maximum atomic E-state index is 13.3. The van der Waals surface area contributed by atoms with Crippen LogP contribution in [0, 0.1) is 11.8 Å². The first-order valence-corrected chi connectivity index (χ1v) is 10.8. The molecular formula is C25H29NO6. The van der Waals surface area contributed by atoms with Crippen molar-refractivity contribution < 1.29 is 28.6 Å². The lowest BCUT2D eigenvalue weighted by Gasteiger charge is -2.32. The van der Waals surface area contributed by atoms with E-state index in [0.717, 1.165) is 11.1 Å². The van der Waals surface area contributed by atoms with Crippen molar-refractivity contribution in [3.8, 4) is 0 Å². The lowest BCUT2D eigenvalue weighted by Crippen LogP contribution is -2.57. The third-order valence-corrected chi connectivity index (χ3v) is 5.80. The summed E-state index contributed by atoms with van der Waals surface area (Å²) in [6.07, 6.45) is 0.142. The van der Waals surface area contributed by atoms with Crippen LogP contribution in [-0.2, 0) is 35.0 Å². The molecule has 1 aliphatic heterocycles. The Morgan fingerprint density at radius 3 is 2.00 bits per heavy atom. The van der Waals surface area contributed by atoms with Crippen molar-refractivity contribution in [3.05, 3.63) is 71.8 Å². The first kappa shape index (κ1) is 23.5. The van der Waals surface area contributed by atoms with Gasteiger partial charge in [0, 0.05) is 12.5 Å². The van der Waals surface area contributed by atoms with Gasteiger partial charge in [0.1, 0.15) is 11.5 Å². The van der Waals surface area contributed by atoms with E-state index in [-0.39, 0.29) is 19.6 Å². The fourth-order valence-electron chi connectivity index (χ4n) is 4.52. The number of nitrogens with one attached hydrogen (secondary N) is 1. The second kappa shape index (κ2) is 10.4. The Hall–Kier alpha value is -3.19. The van der Waals surface area contributed by atoms with E-state index >= 15 is 0 Å². The predicted molar refractivity (Wildman–Crippen MR) is 117 cm³/mol. The summed E-state index contributed by atoms with van der Waals surface area (Å²) in [5, 5.41) is 3.32. The number of carbonyl (C=O) groups is 3. The van der Waals surface area contributed by atoms with Crippen molar-refractivity contribution in [2.45, 2.75) is 31.8 Å². The Bertz CT molecular complexity index is 932. The van der Waals surface area contributed by atoms with Crippen molar-refractivity contribution in [1.82, 2.24) is 5.32 Å². The van der Waals surface area contributed by atoms with Crippen LogP contribution in [0.25, 0.3) is 0 Å². The maximum absolute atomic E-state index is 13.3. The number of carbonyl (C=O) groups excluding carboxylic acids is 3. The standard InChI is InChI=1S/C25H29NO6/c1-4-31-22(27)19-20(23(28)32-5-2)25(24(29)30-3,16-17-12-8-6-9-13-17)26-21(19)18-14-10-7-11-15-18/h6-15,19-21,26H,4-5,16H2,1-3H3/t19-,20-,21-,25-/m0/s1. The van der Waals surface area contributed by atoms with Crippen molar-refractivity contribution in [1.29, 1.82) is 0 Å². The van der Waals surface area contributed by atoms with Gasteiger partial charge in [-0.05, 0) is 25.0 Å². The molecule has 1 aliphatic rings. The molecule has 1 fully saturated rings. The predicted octanol–water partition coefficient (Wildman–Crippen LogP) is 2.84. The molecule has 0 amide bonds. The van der Waals surface area contributed by atoms with Crippen LogP contribution in [0.15, 0.2) is 60.7 Å².